The van der Waals surface area contributed by atoms with Gasteiger partial charge in [0.1, 0.15) is 43.2 Å². The summed E-state index contributed by atoms with van der Waals surface area (Å²) in [5.74, 6) is -1.31. The number of phosphoric ester groups is 2. The molecule has 2 saturated heterocycles. The van der Waals surface area contributed by atoms with Gasteiger partial charge >= 0.3 is 15.6 Å². The van der Waals surface area contributed by atoms with Gasteiger partial charge in [-0.3, -0.25) is 32.4 Å². The van der Waals surface area contributed by atoms with Crippen molar-refractivity contribution in [1.82, 2.24) is 34.5 Å². The molecule has 2 aliphatic heterocycles. The lowest BCUT2D eigenvalue weighted by Crippen LogP contribution is -2.35. The summed E-state index contributed by atoms with van der Waals surface area (Å²) in [4.78, 5) is 54.8. The first-order valence-corrected chi connectivity index (χ1v) is 15.3. The molecule has 3 aliphatic rings. The number of H-pyrrole nitrogens is 1. The lowest BCUT2D eigenvalue weighted by molar-refractivity contribution is -0.0580. The third-order valence-corrected chi connectivity index (χ3v) is 8.90. The molecular weight excluding hydrogens is 611 g/mol. The van der Waals surface area contributed by atoms with Crippen molar-refractivity contribution in [3.8, 4) is 0 Å². The van der Waals surface area contributed by atoms with E-state index >= 15 is 4.39 Å². The summed E-state index contributed by atoms with van der Waals surface area (Å²) in [6, 6.07) is -1.05. The second-order valence-electron chi connectivity index (χ2n) is 9.65. The van der Waals surface area contributed by atoms with Crippen LogP contribution in [-0.4, -0.2) is 99.2 Å². The first-order chi connectivity index (χ1) is 19.9. The van der Waals surface area contributed by atoms with Crippen LogP contribution in [0.25, 0.3) is 11.2 Å². The van der Waals surface area contributed by atoms with Gasteiger partial charge in [-0.25, -0.2) is 33.5 Å². The number of aliphatic hydroxyl groups is 1. The van der Waals surface area contributed by atoms with E-state index in [1.54, 1.807) is 0 Å². The highest BCUT2D eigenvalue weighted by molar-refractivity contribution is 7.47. The van der Waals surface area contributed by atoms with Gasteiger partial charge in [0, 0.05) is 5.92 Å². The zero-order valence-electron chi connectivity index (χ0n) is 21.1. The molecule has 42 heavy (non-hydrogen) atoms. The molecule has 3 aromatic rings. The largest absolute Gasteiger partial charge is 0.472 e. The molecule has 0 spiro atoms. The van der Waals surface area contributed by atoms with Crippen molar-refractivity contribution < 1.29 is 51.2 Å². The van der Waals surface area contributed by atoms with Crippen molar-refractivity contribution in [3.05, 3.63) is 29.3 Å². The predicted octanol–water partition coefficient (Wildman–Crippen LogP) is -0.998. The maximum Gasteiger partial charge on any atom is 0.472 e. The van der Waals surface area contributed by atoms with E-state index in [9.17, 15) is 28.8 Å². The number of nitrogens with zero attached hydrogens (tertiary/aromatic N) is 6. The van der Waals surface area contributed by atoms with E-state index in [1.807, 2.05) is 0 Å². The Hall–Kier alpha value is -2.97. The van der Waals surface area contributed by atoms with E-state index in [2.05, 4.69) is 35.2 Å². The molecule has 0 radical (unpaired) electrons. The molecule has 0 amide bonds. The fraction of sp³-hybridized carbons (Fsp3) is 0.579. The smallest absolute Gasteiger partial charge is 0.387 e. The maximum atomic E-state index is 15.5. The number of ether oxygens (including phenoxy) is 1. The molecule has 6 rings (SSSR count). The maximum absolute atomic E-state index is 15.5. The van der Waals surface area contributed by atoms with Gasteiger partial charge in [-0.15, -0.1) is 0 Å². The first kappa shape index (κ1) is 29.1. The molecule has 5 heterocycles. The Balaban J connectivity index is 1.29. The Labute approximate surface area is 233 Å². The van der Waals surface area contributed by atoms with Crippen LogP contribution in [0, 0.1) is 5.92 Å². The Morgan fingerprint density at radius 1 is 1.10 bits per heavy atom. The number of halogens is 1. The molecule has 1 saturated carbocycles. The third kappa shape index (κ3) is 5.68. The zero-order chi connectivity index (χ0) is 29.8. The summed E-state index contributed by atoms with van der Waals surface area (Å²) in [5.41, 5.74) is 4.66. The molecule has 20 nitrogen and oxygen atoms in total. The van der Waals surface area contributed by atoms with E-state index in [4.69, 9.17) is 28.6 Å². The summed E-state index contributed by atoms with van der Waals surface area (Å²) in [7, 11) is -10.0. The highest BCUT2D eigenvalue weighted by Crippen LogP contribution is 2.54. The minimum Gasteiger partial charge on any atom is -0.387 e. The molecule has 228 valence electrons. The van der Waals surface area contributed by atoms with E-state index < -0.39 is 83.2 Å². The quantitative estimate of drug-likeness (QED) is 0.188. The zero-order valence-corrected chi connectivity index (χ0v) is 22.9. The molecule has 2 bridgehead atoms. The van der Waals surface area contributed by atoms with Gasteiger partial charge in [-0.05, 0) is 6.42 Å². The normalized spacial score (nSPS) is 39.2. The van der Waals surface area contributed by atoms with Gasteiger partial charge in [0.05, 0.1) is 25.6 Å². The van der Waals surface area contributed by atoms with Gasteiger partial charge in [0.25, 0.3) is 5.56 Å². The number of phosphoric acid groups is 2. The van der Waals surface area contributed by atoms with E-state index in [-0.39, 0.29) is 29.5 Å². The molecule has 0 aromatic carbocycles. The number of anilines is 2. The topological polar surface area (TPSA) is 281 Å². The highest BCUT2D eigenvalue weighted by Gasteiger charge is 2.53. The van der Waals surface area contributed by atoms with Crippen LogP contribution < -0.4 is 16.6 Å². The van der Waals surface area contributed by atoms with E-state index in [1.165, 1.54) is 12.7 Å². The Morgan fingerprint density at radius 3 is 2.52 bits per heavy atom. The number of hydrogen-bond donors (Lipinski definition) is 6. The fourth-order valence-electron chi connectivity index (χ4n) is 5.05. The lowest BCUT2D eigenvalue weighted by atomic mass is 10.1. The van der Waals surface area contributed by atoms with Crippen molar-refractivity contribution in [3.63, 3.8) is 0 Å². The SMILES string of the molecule is Nc1nc2c(ncn2[C@@H]2O[C@@H]3COP(=O)(O)O[C@@H]4C(COP(=O)(O)O[C@@H]2[C@@H]3O)C[C@@H](Nc2ncncn2)[C@@H]4F)c(=O)[nH]1. The van der Waals surface area contributed by atoms with Crippen LogP contribution in [-0.2, 0) is 32.0 Å². The number of hydrogen-bond acceptors (Lipinski definition) is 16. The summed E-state index contributed by atoms with van der Waals surface area (Å²) in [6.07, 6.45) is -6.60. The molecule has 7 N–H and O–H groups in total. The predicted molar refractivity (Wildman–Crippen MR) is 134 cm³/mol. The Bertz CT molecular complexity index is 1610. The summed E-state index contributed by atoms with van der Waals surface area (Å²) in [5, 5.41) is 13.7. The number of nitrogens with one attached hydrogen (secondary N) is 2. The lowest BCUT2D eigenvalue weighted by Gasteiger charge is -2.26. The summed E-state index contributed by atoms with van der Waals surface area (Å²) in [6.45, 7) is -1.47. The average Bonchev–Trinajstić information content (AvgIpc) is 3.57. The number of imidazole rings is 1. The first-order valence-electron chi connectivity index (χ1n) is 12.3. The molecule has 3 fully saturated rings. The van der Waals surface area contributed by atoms with Gasteiger partial charge < -0.3 is 30.7 Å². The van der Waals surface area contributed by atoms with Gasteiger partial charge in [-0.2, -0.15) is 4.98 Å². The standard InChI is InChI=1S/C19H24FN9O11P2/c20-10-8(26-19-23-4-22-5-24-19)1-7-2-36-41(32,33)40-14-12(30)9(3-37-42(34,35)39-13(7)10)38-17(14)29-6-25-11-15(29)27-18(21)28-16(11)31/h4-10,12-14,17,30H,1-3H2,(H,32,33)(H,34,35)(H3,21,27,28,31)(H,22,23,24,26)/t7?,8-,9-,10+,12-,13-,14-,17-/m1/s1. The number of rotatable bonds is 3. The van der Waals surface area contributed by atoms with Crippen LogP contribution in [0.2, 0.25) is 0 Å². The number of aliphatic hydroxyl groups excluding tert-OH is 1. The second kappa shape index (κ2) is 10.9. The summed E-state index contributed by atoms with van der Waals surface area (Å²) >= 11 is 0. The molecule has 23 heteroatoms. The van der Waals surface area contributed by atoms with Crippen LogP contribution >= 0.6 is 15.6 Å². The minimum absolute atomic E-state index is 0.0194. The van der Waals surface area contributed by atoms with Gasteiger partial charge in [-0.1, -0.05) is 0 Å². The minimum atomic E-state index is -5.03. The van der Waals surface area contributed by atoms with Crippen molar-refractivity contribution in [2.75, 3.05) is 24.3 Å². The van der Waals surface area contributed by atoms with Crippen molar-refractivity contribution in [1.29, 1.82) is 0 Å². The van der Waals surface area contributed by atoms with E-state index in [0.717, 1.165) is 10.9 Å². The summed E-state index contributed by atoms with van der Waals surface area (Å²) < 4.78 is 68.9. The number of aromatic nitrogens is 7. The second-order valence-corrected chi connectivity index (χ2v) is 12.5. The van der Waals surface area contributed by atoms with Crippen LogP contribution in [0.3, 0.4) is 0 Å². The van der Waals surface area contributed by atoms with Crippen LogP contribution in [0.4, 0.5) is 16.3 Å². The molecular formula is C19H24FN9O11P2. The monoisotopic (exact) mass is 635 g/mol. The number of fused-ring (bicyclic) bond motifs is 4. The molecule has 1 aliphatic carbocycles. The average molecular weight is 635 g/mol. The third-order valence-electron chi connectivity index (χ3n) is 6.93. The number of alkyl halides is 1. The molecule has 10 atom stereocenters. The van der Waals surface area contributed by atoms with Crippen LogP contribution in [0.5, 0.6) is 0 Å². The van der Waals surface area contributed by atoms with Gasteiger partial charge in [0.2, 0.25) is 11.9 Å². The highest BCUT2D eigenvalue weighted by atomic mass is 31.2. The van der Waals surface area contributed by atoms with Crippen LogP contribution in [0.1, 0.15) is 12.6 Å². The fourth-order valence-corrected chi connectivity index (χ4v) is 7.02. The number of nitrogens with two attached hydrogens (primary N) is 1. The van der Waals surface area contributed by atoms with E-state index in [0.29, 0.717) is 0 Å². The van der Waals surface area contributed by atoms with Crippen LogP contribution in [0.15, 0.2) is 23.8 Å². The van der Waals surface area contributed by atoms with Crippen molar-refractivity contribution in [2.45, 2.75) is 49.3 Å². The number of aromatic amines is 1. The van der Waals surface area contributed by atoms with Gasteiger partial charge in [0.15, 0.2) is 17.4 Å². The van der Waals surface area contributed by atoms with Crippen molar-refractivity contribution >= 4 is 38.7 Å². The Morgan fingerprint density at radius 2 is 1.79 bits per heavy atom. The molecule has 3 unspecified atom stereocenters. The molecule has 3 aromatic heterocycles. The Kier molecular flexibility index (Phi) is 7.59. The van der Waals surface area contributed by atoms with Crippen molar-refractivity contribution in [2.24, 2.45) is 5.92 Å². The number of nitrogen functional groups attached to an aromatic ring is 1.